The largest absolute Gasteiger partial charge is 0.647 e. The maximum atomic E-state index is 14.2. The predicted molar refractivity (Wildman–Crippen MR) is 151 cm³/mol. The molecule has 0 saturated carbocycles. The summed E-state index contributed by atoms with van der Waals surface area (Å²) in [5.41, 5.74) is 4.18. The van der Waals surface area contributed by atoms with Crippen molar-refractivity contribution in [1.29, 1.82) is 0 Å². The molecular formula is C32H35O4P. The molecule has 0 radical (unpaired) electrons. The molecule has 0 bridgehead atoms. The second-order valence-electron chi connectivity index (χ2n) is 9.08. The fourth-order valence-corrected chi connectivity index (χ4v) is 5.30. The van der Waals surface area contributed by atoms with Crippen molar-refractivity contribution in [1.82, 2.24) is 0 Å². The van der Waals surface area contributed by atoms with E-state index in [9.17, 15) is 4.57 Å². The topological polar surface area (TPSA) is 44.8 Å². The first kappa shape index (κ1) is 26.6. The van der Waals surface area contributed by atoms with E-state index in [2.05, 4.69) is 13.8 Å². The number of para-hydroxylation sites is 1. The molecule has 0 fully saturated rings. The van der Waals surface area contributed by atoms with Gasteiger partial charge >= 0.3 is 7.82 Å². The molecule has 5 heteroatoms. The van der Waals surface area contributed by atoms with Crippen LogP contribution in [-0.4, -0.2) is 0 Å². The molecule has 4 aromatic rings. The highest BCUT2D eigenvalue weighted by Crippen LogP contribution is 2.51. The lowest BCUT2D eigenvalue weighted by Gasteiger charge is -2.21. The van der Waals surface area contributed by atoms with E-state index < -0.39 is 7.82 Å². The average Bonchev–Trinajstić information content (AvgIpc) is 2.93. The van der Waals surface area contributed by atoms with Crippen molar-refractivity contribution in [3.05, 3.63) is 114 Å². The van der Waals surface area contributed by atoms with Gasteiger partial charge in [-0.15, -0.1) is 0 Å². The predicted octanol–water partition coefficient (Wildman–Crippen LogP) is 9.68. The standard InChI is InChI=1S/C32H35O4P/c1-3-5-12-26-18-22-29(23-19-26)34-37(33,35-30-24-20-27(21-25-30)13-6-4-2)36-32-17-11-10-16-31(32)28-14-8-7-9-15-28/h7-11,14-25H,3-6,12-13H2,1-2H3. The van der Waals surface area contributed by atoms with Gasteiger partial charge in [0.15, 0.2) is 0 Å². The Hall–Kier alpha value is -3.49. The molecule has 0 saturated heterocycles. The van der Waals surface area contributed by atoms with Gasteiger partial charge in [-0.1, -0.05) is 99.5 Å². The van der Waals surface area contributed by atoms with Crippen LogP contribution in [0.15, 0.2) is 103 Å². The Morgan fingerprint density at radius 3 is 1.57 bits per heavy atom. The number of hydrogen-bond donors (Lipinski definition) is 0. The fraction of sp³-hybridized carbons (Fsp3) is 0.250. The molecule has 0 aromatic heterocycles. The quantitative estimate of drug-likeness (QED) is 0.167. The van der Waals surface area contributed by atoms with E-state index in [1.54, 1.807) is 6.07 Å². The van der Waals surface area contributed by atoms with E-state index in [1.165, 1.54) is 11.1 Å². The first-order chi connectivity index (χ1) is 18.1. The van der Waals surface area contributed by atoms with Crippen LogP contribution < -0.4 is 13.6 Å². The average molecular weight is 515 g/mol. The summed E-state index contributed by atoms with van der Waals surface area (Å²) in [6.45, 7) is 4.35. The number of phosphoric acid groups is 1. The van der Waals surface area contributed by atoms with Gasteiger partial charge in [0.25, 0.3) is 0 Å². The van der Waals surface area contributed by atoms with Gasteiger partial charge in [-0.3, -0.25) is 0 Å². The maximum absolute atomic E-state index is 14.2. The normalized spacial score (nSPS) is 11.2. The summed E-state index contributed by atoms with van der Waals surface area (Å²) in [6.07, 6.45) is 6.50. The van der Waals surface area contributed by atoms with Gasteiger partial charge in [0, 0.05) is 5.56 Å². The number of phosphoric ester groups is 1. The van der Waals surface area contributed by atoms with Crippen molar-refractivity contribution in [3.8, 4) is 28.4 Å². The van der Waals surface area contributed by atoms with Gasteiger partial charge in [0.1, 0.15) is 17.2 Å². The third-order valence-electron chi connectivity index (χ3n) is 6.10. The molecule has 0 amide bonds. The molecule has 4 rings (SSSR count). The van der Waals surface area contributed by atoms with Gasteiger partial charge in [-0.25, -0.2) is 0 Å². The Morgan fingerprint density at radius 2 is 1.05 bits per heavy atom. The minimum Gasteiger partial charge on any atom is -0.386 e. The van der Waals surface area contributed by atoms with Crippen LogP contribution in [-0.2, 0) is 17.4 Å². The van der Waals surface area contributed by atoms with Gasteiger partial charge in [0.05, 0.1) is 0 Å². The Balaban J connectivity index is 1.62. The van der Waals surface area contributed by atoms with Gasteiger partial charge in [-0.05, 0) is 72.7 Å². The van der Waals surface area contributed by atoms with Crippen molar-refractivity contribution in [3.63, 3.8) is 0 Å². The van der Waals surface area contributed by atoms with Crippen molar-refractivity contribution in [2.24, 2.45) is 0 Å². The van der Waals surface area contributed by atoms with E-state index in [4.69, 9.17) is 13.6 Å². The zero-order chi connectivity index (χ0) is 25.9. The van der Waals surface area contributed by atoms with Crippen molar-refractivity contribution in [2.45, 2.75) is 52.4 Å². The molecule has 192 valence electrons. The van der Waals surface area contributed by atoms with Crippen LogP contribution in [0.2, 0.25) is 0 Å². The first-order valence-corrected chi connectivity index (χ1v) is 14.6. The number of hydrogen-bond acceptors (Lipinski definition) is 4. The number of rotatable bonds is 13. The molecular weight excluding hydrogens is 479 g/mol. The Bertz CT molecular complexity index is 1230. The minimum absolute atomic E-state index is 0.427. The lowest BCUT2D eigenvalue weighted by molar-refractivity contribution is 0.299. The molecule has 0 spiro atoms. The summed E-state index contributed by atoms with van der Waals surface area (Å²) >= 11 is 0. The summed E-state index contributed by atoms with van der Waals surface area (Å²) in [4.78, 5) is 0. The fourth-order valence-electron chi connectivity index (χ4n) is 4.03. The summed E-state index contributed by atoms with van der Waals surface area (Å²) in [5.74, 6) is 1.29. The van der Waals surface area contributed by atoms with Crippen LogP contribution in [0.25, 0.3) is 11.1 Å². The summed E-state index contributed by atoms with van der Waals surface area (Å²) in [5, 5.41) is 0. The highest BCUT2D eigenvalue weighted by molar-refractivity contribution is 7.49. The molecule has 0 aliphatic carbocycles. The second-order valence-corrected chi connectivity index (χ2v) is 10.5. The van der Waals surface area contributed by atoms with E-state index in [-0.39, 0.29) is 0 Å². The van der Waals surface area contributed by atoms with E-state index in [0.29, 0.717) is 17.2 Å². The third kappa shape index (κ3) is 7.74. The van der Waals surface area contributed by atoms with Crippen LogP contribution >= 0.6 is 7.82 Å². The van der Waals surface area contributed by atoms with Crippen LogP contribution in [0.1, 0.15) is 50.7 Å². The molecule has 4 nitrogen and oxygen atoms in total. The van der Waals surface area contributed by atoms with Crippen molar-refractivity contribution >= 4 is 7.82 Å². The van der Waals surface area contributed by atoms with Gasteiger partial charge in [-0.2, -0.15) is 4.57 Å². The number of unbranched alkanes of at least 4 members (excludes halogenated alkanes) is 2. The van der Waals surface area contributed by atoms with Crippen LogP contribution in [0.5, 0.6) is 17.2 Å². The molecule has 0 aliphatic rings. The van der Waals surface area contributed by atoms with Crippen molar-refractivity contribution in [2.75, 3.05) is 0 Å². The summed E-state index contributed by atoms with van der Waals surface area (Å²) < 4.78 is 32.2. The molecule has 0 atom stereocenters. The molecule has 37 heavy (non-hydrogen) atoms. The van der Waals surface area contributed by atoms with E-state index in [0.717, 1.165) is 49.7 Å². The van der Waals surface area contributed by atoms with Crippen LogP contribution in [0, 0.1) is 0 Å². The van der Waals surface area contributed by atoms with E-state index >= 15 is 0 Å². The van der Waals surface area contributed by atoms with E-state index in [1.807, 2.05) is 97.1 Å². The lowest BCUT2D eigenvalue weighted by atomic mass is 10.1. The highest BCUT2D eigenvalue weighted by atomic mass is 31.2. The number of aryl methyl sites for hydroxylation is 2. The molecule has 4 aromatic carbocycles. The summed E-state index contributed by atoms with van der Waals surface area (Å²) in [6, 6.07) is 32.6. The molecule has 0 N–H and O–H groups in total. The highest BCUT2D eigenvalue weighted by Gasteiger charge is 2.34. The van der Waals surface area contributed by atoms with Gasteiger partial charge < -0.3 is 13.6 Å². The number of benzene rings is 4. The van der Waals surface area contributed by atoms with Crippen LogP contribution in [0.4, 0.5) is 0 Å². The lowest BCUT2D eigenvalue weighted by Crippen LogP contribution is -2.08. The Labute approximate surface area is 220 Å². The zero-order valence-electron chi connectivity index (χ0n) is 21.6. The van der Waals surface area contributed by atoms with Crippen molar-refractivity contribution < 1.29 is 18.1 Å². The van der Waals surface area contributed by atoms with Gasteiger partial charge in [0.2, 0.25) is 0 Å². The molecule has 0 heterocycles. The van der Waals surface area contributed by atoms with Crippen LogP contribution in [0.3, 0.4) is 0 Å². The smallest absolute Gasteiger partial charge is 0.386 e. The monoisotopic (exact) mass is 514 g/mol. The summed E-state index contributed by atoms with van der Waals surface area (Å²) in [7, 11) is -4.10. The minimum atomic E-state index is -4.10. The maximum Gasteiger partial charge on any atom is 0.647 e. The SMILES string of the molecule is CCCCc1ccc(OP(=O)(Oc2ccc(CCCC)cc2)Oc2ccccc2-c2ccccc2)cc1. The first-order valence-electron chi connectivity index (χ1n) is 13.1. The third-order valence-corrected chi connectivity index (χ3v) is 7.39. The molecule has 0 aliphatic heterocycles. The Kier molecular flexibility index (Phi) is 9.46. The molecule has 0 unspecified atom stereocenters. The Morgan fingerprint density at radius 1 is 0.568 bits per heavy atom. The zero-order valence-corrected chi connectivity index (χ0v) is 22.5. The second kappa shape index (κ2) is 13.2.